The Morgan fingerprint density at radius 1 is 1.67 bits per heavy atom. The smallest absolute Gasteiger partial charge is 0.219 e. The molecule has 0 spiro atoms. The van der Waals surface area contributed by atoms with Gasteiger partial charge in [-0.1, -0.05) is 6.92 Å². The lowest BCUT2D eigenvalue weighted by Gasteiger charge is -2.20. The van der Waals surface area contributed by atoms with E-state index in [0.717, 1.165) is 0 Å². The molecule has 2 unspecified atom stereocenters. The van der Waals surface area contributed by atoms with Gasteiger partial charge in [0.15, 0.2) is 5.79 Å². The number of aliphatic hydroxyl groups is 1. The monoisotopic (exact) mass is 217 g/mol. The van der Waals surface area contributed by atoms with Crippen molar-refractivity contribution in [1.82, 2.24) is 5.32 Å². The number of hydrogen-bond donors (Lipinski definition) is 2. The summed E-state index contributed by atoms with van der Waals surface area (Å²) >= 11 is 0. The van der Waals surface area contributed by atoms with Gasteiger partial charge >= 0.3 is 0 Å². The number of ether oxygens (including phenoxy) is 2. The zero-order valence-corrected chi connectivity index (χ0v) is 9.45. The Balaban J connectivity index is 2.29. The van der Waals surface area contributed by atoms with Crippen LogP contribution in [0.5, 0.6) is 0 Å². The second kappa shape index (κ2) is 4.92. The quantitative estimate of drug-likeness (QED) is 0.697. The highest BCUT2D eigenvalue weighted by molar-refractivity contribution is 5.75. The van der Waals surface area contributed by atoms with Crippen LogP contribution < -0.4 is 5.32 Å². The Hall–Kier alpha value is -0.650. The van der Waals surface area contributed by atoms with Gasteiger partial charge in [0.2, 0.25) is 5.91 Å². The van der Waals surface area contributed by atoms with Crippen molar-refractivity contribution < 1.29 is 19.4 Å². The van der Waals surface area contributed by atoms with E-state index in [9.17, 15) is 9.90 Å². The fourth-order valence-electron chi connectivity index (χ4n) is 1.38. The number of amides is 1. The molecule has 1 rings (SSSR count). The normalized spacial score (nSPS) is 26.3. The fourth-order valence-corrected chi connectivity index (χ4v) is 1.38. The molecular weight excluding hydrogens is 198 g/mol. The lowest BCUT2D eigenvalue weighted by Crippen LogP contribution is -2.40. The van der Waals surface area contributed by atoms with Gasteiger partial charge in [-0.3, -0.25) is 4.79 Å². The number of carbonyl (C=O) groups excluding carboxylic acids is 1. The van der Waals surface area contributed by atoms with Gasteiger partial charge in [0, 0.05) is 13.0 Å². The molecule has 0 aromatic rings. The number of rotatable bonds is 4. The Labute approximate surface area is 89.8 Å². The zero-order chi connectivity index (χ0) is 11.5. The Bertz CT molecular complexity index is 229. The molecule has 1 aliphatic rings. The van der Waals surface area contributed by atoms with Crippen molar-refractivity contribution in [3.05, 3.63) is 0 Å². The van der Waals surface area contributed by atoms with Crippen LogP contribution in [0, 0.1) is 0 Å². The first kappa shape index (κ1) is 12.4. The molecule has 88 valence electrons. The van der Waals surface area contributed by atoms with Crippen LogP contribution in [0.15, 0.2) is 0 Å². The predicted octanol–water partition coefficient (Wildman–Crippen LogP) is 0.0250. The van der Waals surface area contributed by atoms with E-state index in [-0.39, 0.29) is 18.6 Å². The molecule has 1 fully saturated rings. The van der Waals surface area contributed by atoms with E-state index in [2.05, 4.69) is 5.32 Å². The van der Waals surface area contributed by atoms with Crippen molar-refractivity contribution in [2.45, 2.75) is 45.2 Å². The van der Waals surface area contributed by atoms with Crippen molar-refractivity contribution in [2.24, 2.45) is 0 Å². The zero-order valence-electron chi connectivity index (χ0n) is 9.45. The molecule has 0 bridgehead atoms. The summed E-state index contributed by atoms with van der Waals surface area (Å²) in [6.07, 6.45) is -0.667. The van der Waals surface area contributed by atoms with E-state index in [1.807, 2.05) is 0 Å². The first-order valence-corrected chi connectivity index (χ1v) is 5.21. The molecule has 1 amide bonds. The second-order valence-electron chi connectivity index (χ2n) is 4.09. The minimum absolute atomic E-state index is 0.0766. The molecule has 0 aromatic carbocycles. The average molecular weight is 217 g/mol. The van der Waals surface area contributed by atoms with Gasteiger partial charge < -0.3 is 19.9 Å². The van der Waals surface area contributed by atoms with Crippen LogP contribution in [0.1, 0.15) is 27.2 Å². The summed E-state index contributed by atoms with van der Waals surface area (Å²) in [7, 11) is 0. The van der Waals surface area contributed by atoms with Gasteiger partial charge in [-0.05, 0) is 13.8 Å². The largest absolute Gasteiger partial charge is 0.388 e. The lowest BCUT2D eigenvalue weighted by molar-refractivity contribution is -0.150. The third kappa shape index (κ3) is 3.77. The predicted molar refractivity (Wildman–Crippen MR) is 54.2 cm³/mol. The summed E-state index contributed by atoms with van der Waals surface area (Å²) in [6, 6.07) is 0. The molecule has 0 saturated carbocycles. The number of nitrogens with one attached hydrogen (secondary N) is 1. The van der Waals surface area contributed by atoms with Crippen LogP contribution in [-0.2, 0) is 14.3 Å². The van der Waals surface area contributed by atoms with Crippen LogP contribution >= 0.6 is 0 Å². The van der Waals surface area contributed by atoms with Gasteiger partial charge in [-0.25, -0.2) is 0 Å². The van der Waals surface area contributed by atoms with Gasteiger partial charge in [-0.15, -0.1) is 0 Å². The molecule has 1 saturated heterocycles. The molecular formula is C10H19NO4. The van der Waals surface area contributed by atoms with Gasteiger partial charge in [0.25, 0.3) is 0 Å². The maximum atomic E-state index is 11.0. The SMILES string of the molecule is CCC(=O)NCC(O)C1COC(C)(C)O1. The van der Waals surface area contributed by atoms with Crippen molar-refractivity contribution in [1.29, 1.82) is 0 Å². The van der Waals surface area contributed by atoms with E-state index < -0.39 is 11.9 Å². The number of hydrogen-bond acceptors (Lipinski definition) is 4. The van der Waals surface area contributed by atoms with Crippen LogP contribution in [0.4, 0.5) is 0 Å². The van der Waals surface area contributed by atoms with Gasteiger partial charge in [-0.2, -0.15) is 0 Å². The number of aliphatic hydroxyl groups excluding tert-OH is 1. The molecule has 1 aliphatic heterocycles. The molecule has 0 aromatic heterocycles. The van der Waals surface area contributed by atoms with Crippen molar-refractivity contribution in [2.75, 3.05) is 13.2 Å². The van der Waals surface area contributed by atoms with E-state index in [0.29, 0.717) is 13.0 Å². The standard InChI is InChI=1S/C10H19NO4/c1-4-9(13)11-5-7(12)8-6-14-10(2,3)15-8/h7-8,12H,4-6H2,1-3H3,(H,11,13). The molecule has 1 heterocycles. The third-order valence-corrected chi connectivity index (χ3v) is 2.29. The first-order chi connectivity index (χ1) is 6.94. The Morgan fingerprint density at radius 2 is 2.33 bits per heavy atom. The number of carbonyl (C=O) groups is 1. The maximum Gasteiger partial charge on any atom is 0.219 e. The maximum absolute atomic E-state index is 11.0. The highest BCUT2D eigenvalue weighted by Crippen LogP contribution is 2.23. The molecule has 2 atom stereocenters. The first-order valence-electron chi connectivity index (χ1n) is 5.21. The summed E-state index contributed by atoms with van der Waals surface area (Å²) in [5.41, 5.74) is 0. The van der Waals surface area contributed by atoms with Gasteiger partial charge in [0.05, 0.1) is 12.7 Å². The van der Waals surface area contributed by atoms with Crippen LogP contribution in [0.3, 0.4) is 0 Å². The minimum atomic E-state index is -0.720. The van der Waals surface area contributed by atoms with E-state index in [4.69, 9.17) is 9.47 Å². The third-order valence-electron chi connectivity index (χ3n) is 2.29. The summed E-state index contributed by atoms with van der Waals surface area (Å²) < 4.78 is 10.8. The fraction of sp³-hybridized carbons (Fsp3) is 0.900. The Morgan fingerprint density at radius 3 is 2.80 bits per heavy atom. The van der Waals surface area contributed by atoms with Crippen LogP contribution in [0.25, 0.3) is 0 Å². The lowest BCUT2D eigenvalue weighted by atomic mass is 10.2. The topological polar surface area (TPSA) is 67.8 Å². The van der Waals surface area contributed by atoms with Crippen molar-refractivity contribution in [3.8, 4) is 0 Å². The molecule has 5 nitrogen and oxygen atoms in total. The molecule has 0 aliphatic carbocycles. The average Bonchev–Trinajstić information content (AvgIpc) is 2.54. The van der Waals surface area contributed by atoms with Crippen LogP contribution in [0.2, 0.25) is 0 Å². The van der Waals surface area contributed by atoms with E-state index in [1.54, 1.807) is 20.8 Å². The Kier molecular flexibility index (Phi) is 4.07. The van der Waals surface area contributed by atoms with E-state index in [1.165, 1.54) is 0 Å². The summed E-state index contributed by atoms with van der Waals surface area (Å²) in [5, 5.41) is 12.3. The summed E-state index contributed by atoms with van der Waals surface area (Å²) in [4.78, 5) is 11.0. The van der Waals surface area contributed by atoms with Crippen molar-refractivity contribution in [3.63, 3.8) is 0 Å². The minimum Gasteiger partial charge on any atom is -0.388 e. The highest BCUT2D eigenvalue weighted by atomic mass is 16.7. The van der Waals surface area contributed by atoms with Gasteiger partial charge in [0.1, 0.15) is 6.10 Å². The van der Waals surface area contributed by atoms with Crippen molar-refractivity contribution >= 4 is 5.91 Å². The second-order valence-corrected chi connectivity index (χ2v) is 4.09. The molecule has 5 heteroatoms. The van der Waals surface area contributed by atoms with E-state index >= 15 is 0 Å². The molecule has 2 N–H and O–H groups in total. The highest BCUT2D eigenvalue weighted by Gasteiger charge is 2.36. The summed E-state index contributed by atoms with van der Waals surface area (Å²) in [6.45, 7) is 5.92. The van der Waals surface area contributed by atoms with Crippen LogP contribution in [-0.4, -0.2) is 42.2 Å². The molecule has 0 radical (unpaired) electrons. The molecule has 15 heavy (non-hydrogen) atoms. The summed E-state index contributed by atoms with van der Waals surface area (Å²) in [5.74, 6) is -0.715.